The number of benzene rings is 1. The summed E-state index contributed by atoms with van der Waals surface area (Å²) >= 11 is 0. The van der Waals surface area contributed by atoms with Crippen molar-refractivity contribution in [2.24, 2.45) is 5.73 Å². The van der Waals surface area contributed by atoms with Crippen molar-refractivity contribution in [3.05, 3.63) is 29.8 Å². The Bertz CT molecular complexity index is 375. The third kappa shape index (κ3) is 2.86. The van der Waals surface area contributed by atoms with E-state index in [0.29, 0.717) is 0 Å². The quantitative estimate of drug-likeness (QED) is 0.863. The lowest BCUT2D eigenvalue weighted by atomic mass is 10.0. The summed E-state index contributed by atoms with van der Waals surface area (Å²) in [5, 5.41) is 0. The second-order valence-corrected chi connectivity index (χ2v) is 5.40. The van der Waals surface area contributed by atoms with E-state index < -0.39 is 0 Å². The molecule has 1 saturated heterocycles. The molecule has 1 heterocycles. The predicted octanol–water partition coefficient (Wildman–Crippen LogP) is 3.35. The van der Waals surface area contributed by atoms with Crippen molar-refractivity contribution >= 4 is 5.69 Å². The van der Waals surface area contributed by atoms with Gasteiger partial charge in [-0.1, -0.05) is 32.0 Å². The first kappa shape index (κ1) is 13.4. The Balaban J connectivity index is 2.21. The van der Waals surface area contributed by atoms with Crippen molar-refractivity contribution in [2.75, 3.05) is 11.4 Å². The van der Waals surface area contributed by atoms with Gasteiger partial charge < -0.3 is 10.6 Å². The molecule has 1 aliphatic heterocycles. The first-order valence-corrected chi connectivity index (χ1v) is 7.36. The van der Waals surface area contributed by atoms with Gasteiger partial charge in [0, 0.05) is 24.3 Å². The highest BCUT2D eigenvalue weighted by atomic mass is 15.2. The maximum atomic E-state index is 6.12. The summed E-state index contributed by atoms with van der Waals surface area (Å²) in [6.07, 6.45) is 5.96. The van der Waals surface area contributed by atoms with E-state index in [-0.39, 0.29) is 6.04 Å². The number of anilines is 1. The Kier molecular flexibility index (Phi) is 4.65. The molecule has 0 spiro atoms. The van der Waals surface area contributed by atoms with E-state index in [1.807, 2.05) is 0 Å². The van der Waals surface area contributed by atoms with Crippen molar-refractivity contribution < 1.29 is 0 Å². The lowest BCUT2D eigenvalue weighted by molar-refractivity contribution is 0.628. The van der Waals surface area contributed by atoms with Crippen LogP contribution in [0.15, 0.2) is 24.3 Å². The highest BCUT2D eigenvalue weighted by molar-refractivity contribution is 5.55. The van der Waals surface area contributed by atoms with Crippen LogP contribution in [0.25, 0.3) is 0 Å². The average molecular weight is 246 g/mol. The zero-order chi connectivity index (χ0) is 13.0. The Morgan fingerprint density at radius 2 is 2.11 bits per heavy atom. The first-order chi connectivity index (χ1) is 8.76. The summed E-state index contributed by atoms with van der Waals surface area (Å²) in [5.74, 6) is 0. The fourth-order valence-corrected chi connectivity index (χ4v) is 2.97. The number of hydrogen-bond acceptors (Lipinski definition) is 2. The molecular formula is C16H26N2. The van der Waals surface area contributed by atoms with Crippen LogP contribution in [-0.4, -0.2) is 18.6 Å². The Hall–Kier alpha value is -1.02. The van der Waals surface area contributed by atoms with Crippen LogP contribution >= 0.6 is 0 Å². The zero-order valence-electron chi connectivity index (χ0n) is 11.7. The number of nitrogens with zero attached hydrogens (tertiary/aromatic N) is 1. The van der Waals surface area contributed by atoms with Gasteiger partial charge in [-0.25, -0.2) is 0 Å². The fourth-order valence-electron chi connectivity index (χ4n) is 2.97. The molecule has 0 radical (unpaired) electrons. The maximum Gasteiger partial charge on any atom is 0.0401 e. The monoisotopic (exact) mass is 246 g/mol. The molecule has 0 aliphatic carbocycles. The largest absolute Gasteiger partial charge is 0.368 e. The van der Waals surface area contributed by atoms with Gasteiger partial charge in [0.15, 0.2) is 0 Å². The molecule has 0 saturated carbocycles. The van der Waals surface area contributed by atoms with Crippen molar-refractivity contribution in [3.63, 3.8) is 0 Å². The van der Waals surface area contributed by atoms with Gasteiger partial charge in [0.1, 0.15) is 0 Å². The minimum Gasteiger partial charge on any atom is -0.368 e. The SMILES string of the molecule is CCC(N)Cc1ccccc1N1CCCC1CC. The van der Waals surface area contributed by atoms with Gasteiger partial charge in [-0.3, -0.25) is 0 Å². The smallest absolute Gasteiger partial charge is 0.0401 e. The molecule has 0 bridgehead atoms. The molecule has 0 amide bonds. The molecule has 1 aromatic rings. The van der Waals surface area contributed by atoms with Crippen LogP contribution in [0.5, 0.6) is 0 Å². The molecule has 2 N–H and O–H groups in total. The van der Waals surface area contributed by atoms with Gasteiger partial charge in [-0.2, -0.15) is 0 Å². The molecular weight excluding hydrogens is 220 g/mol. The molecule has 100 valence electrons. The number of nitrogens with two attached hydrogens (primary N) is 1. The summed E-state index contributed by atoms with van der Waals surface area (Å²) in [6.45, 7) is 5.66. The number of rotatable bonds is 5. The van der Waals surface area contributed by atoms with Crippen molar-refractivity contribution in [2.45, 2.75) is 58.0 Å². The minimum absolute atomic E-state index is 0.286. The molecule has 1 aromatic carbocycles. The second kappa shape index (κ2) is 6.24. The molecule has 18 heavy (non-hydrogen) atoms. The zero-order valence-corrected chi connectivity index (χ0v) is 11.7. The van der Waals surface area contributed by atoms with Crippen LogP contribution in [0.3, 0.4) is 0 Å². The van der Waals surface area contributed by atoms with Gasteiger partial charge in [-0.15, -0.1) is 0 Å². The maximum absolute atomic E-state index is 6.12. The molecule has 2 unspecified atom stereocenters. The first-order valence-electron chi connectivity index (χ1n) is 7.36. The van der Waals surface area contributed by atoms with E-state index in [4.69, 9.17) is 5.73 Å². The Labute approximate surface area is 111 Å². The molecule has 0 aromatic heterocycles. The van der Waals surface area contributed by atoms with Crippen LogP contribution in [-0.2, 0) is 6.42 Å². The number of hydrogen-bond donors (Lipinski definition) is 1. The van der Waals surface area contributed by atoms with E-state index in [1.165, 1.54) is 37.1 Å². The standard InChI is InChI=1S/C16H26N2/c1-3-14(17)12-13-8-5-6-10-16(13)18-11-7-9-15(18)4-2/h5-6,8,10,14-15H,3-4,7,9,11-12,17H2,1-2H3. The summed E-state index contributed by atoms with van der Waals surface area (Å²) in [4.78, 5) is 2.59. The van der Waals surface area contributed by atoms with Crippen LogP contribution in [0.1, 0.15) is 45.1 Å². The Morgan fingerprint density at radius 3 is 2.83 bits per heavy atom. The van der Waals surface area contributed by atoms with E-state index in [9.17, 15) is 0 Å². The van der Waals surface area contributed by atoms with Crippen LogP contribution in [0, 0.1) is 0 Å². The molecule has 2 rings (SSSR count). The number of para-hydroxylation sites is 1. The summed E-state index contributed by atoms with van der Waals surface area (Å²) in [6, 6.07) is 9.82. The van der Waals surface area contributed by atoms with Gasteiger partial charge in [-0.05, 0) is 43.7 Å². The summed E-state index contributed by atoms with van der Waals surface area (Å²) in [7, 11) is 0. The highest BCUT2D eigenvalue weighted by Crippen LogP contribution is 2.30. The van der Waals surface area contributed by atoms with Crippen LogP contribution < -0.4 is 10.6 Å². The van der Waals surface area contributed by atoms with Crippen LogP contribution in [0.2, 0.25) is 0 Å². The summed E-state index contributed by atoms with van der Waals surface area (Å²) < 4.78 is 0. The van der Waals surface area contributed by atoms with Gasteiger partial charge in [0.2, 0.25) is 0 Å². The van der Waals surface area contributed by atoms with E-state index in [1.54, 1.807) is 0 Å². The topological polar surface area (TPSA) is 29.3 Å². The van der Waals surface area contributed by atoms with Crippen LogP contribution in [0.4, 0.5) is 5.69 Å². The second-order valence-electron chi connectivity index (χ2n) is 5.40. The third-order valence-corrected chi connectivity index (χ3v) is 4.16. The average Bonchev–Trinajstić information content (AvgIpc) is 2.87. The lowest BCUT2D eigenvalue weighted by Gasteiger charge is -2.28. The molecule has 2 nitrogen and oxygen atoms in total. The molecule has 1 aliphatic rings. The third-order valence-electron chi connectivity index (χ3n) is 4.16. The van der Waals surface area contributed by atoms with Gasteiger partial charge in [0.25, 0.3) is 0 Å². The lowest BCUT2D eigenvalue weighted by Crippen LogP contribution is -2.30. The van der Waals surface area contributed by atoms with E-state index in [2.05, 4.69) is 43.0 Å². The highest BCUT2D eigenvalue weighted by Gasteiger charge is 2.24. The van der Waals surface area contributed by atoms with Gasteiger partial charge in [0.05, 0.1) is 0 Å². The fraction of sp³-hybridized carbons (Fsp3) is 0.625. The van der Waals surface area contributed by atoms with Gasteiger partial charge >= 0.3 is 0 Å². The summed E-state index contributed by atoms with van der Waals surface area (Å²) in [5.41, 5.74) is 8.97. The normalized spacial score (nSPS) is 21.3. The Morgan fingerprint density at radius 1 is 1.33 bits per heavy atom. The molecule has 2 atom stereocenters. The predicted molar refractivity (Wildman–Crippen MR) is 79.1 cm³/mol. The minimum atomic E-state index is 0.286. The molecule has 2 heteroatoms. The van der Waals surface area contributed by atoms with E-state index >= 15 is 0 Å². The van der Waals surface area contributed by atoms with E-state index in [0.717, 1.165) is 18.9 Å². The van der Waals surface area contributed by atoms with Crippen molar-refractivity contribution in [1.82, 2.24) is 0 Å². The van der Waals surface area contributed by atoms with Crippen molar-refractivity contribution in [3.8, 4) is 0 Å². The molecule has 1 fully saturated rings. The van der Waals surface area contributed by atoms with Crippen molar-refractivity contribution in [1.29, 1.82) is 0 Å².